The van der Waals surface area contributed by atoms with Gasteiger partial charge in [-0.2, -0.15) is 5.26 Å². The van der Waals surface area contributed by atoms with E-state index in [0.29, 0.717) is 30.9 Å². The van der Waals surface area contributed by atoms with Crippen LogP contribution in [0.2, 0.25) is 0 Å². The van der Waals surface area contributed by atoms with Crippen molar-refractivity contribution in [2.75, 3.05) is 31.1 Å². The van der Waals surface area contributed by atoms with Crippen LogP contribution < -0.4 is 4.90 Å². The molecule has 1 saturated heterocycles. The minimum absolute atomic E-state index is 0.0233. The fourth-order valence-electron chi connectivity index (χ4n) is 2.98. The van der Waals surface area contributed by atoms with Gasteiger partial charge in [0, 0.05) is 26.2 Å². The molecule has 1 aromatic heterocycles. The van der Waals surface area contributed by atoms with Crippen molar-refractivity contribution < 1.29 is 9.90 Å². The average Bonchev–Trinajstić information content (AvgIpc) is 2.95. The Kier molecular flexibility index (Phi) is 5.26. The molecule has 25 heavy (non-hydrogen) atoms. The number of anilines is 1. The lowest BCUT2D eigenvalue weighted by Crippen LogP contribution is -2.37. The number of hydrogen-bond acceptors (Lipinski definition) is 6. The summed E-state index contributed by atoms with van der Waals surface area (Å²) in [5.74, 6) is -0.0233. The average molecular weight is 340 g/mol. The Bertz CT molecular complexity index is 781. The second-order valence-corrected chi connectivity index (χ2v) is 5.92. The Labute approximate surface area is 145 Å². The predicted octanol–water partition coefficient (Wildman–Crippen LogP) is 0.381. The number of carbonyl (C=O) groups is 1. The fourth-order valence-corrected chi connectivity index (χ4v) is 2.98. The summed E-state index contributed by atoms with van der Waals surface area (Å²) in [6, 6.07) is 9.76. The number of aliphatic hydroxyl groups is 1. The largest absolute Gasteiger partial charge is 0.390 e. The molecule has 0 aliphatic carbocycles. The molecule has 0 radical (unpaired) electrons. The van der Waals surface area contributed by atoms with Gasteiger partial charge in [-0.25, -0.2) is 4.68 Å². The standard InChI is InChI=1S/C17H20N6O2/c18-10-14-4-1-2-5-16(14)21-6-3-7-22(9-8-21)17(25)12-23-11-15(13-24)19-20-23/h1-2,4-5,11,24H,3,6-9,12-13H2. The molecule has 0 bridgehead atoms. The molecule has 1 aliphatic rings. The predicted molar refractivity (Wildman–Crippen MR) is 90.5 cm³/mol. The minimum Gasteiger partial charge on any atom is -0.390 e. The lowest BCUT2D eigenvalue weighted by atomic mass is 10.1. The van der Waals surface area contributed by atoms with Crippen molar-refractivity contribution in [1.29, 1.82) is 5.26 Å². The summed E-state index contributed by atoms with van der Waals surface area (Å²) in [5.41, 5.74) is 2.02. The van der Waals surface area contributed by atoms with Crippen LogP contribution in [-0.2, 0) is 17.9 Å². The van der Waals surface area contributed by atoms with E-state index < -0.39 is 0 Å². The Balaban J connectivity index is 1.63. The Morgan fingerprint density at radius 2 is 2.08 bits per heavy atom. The fraction of sp³-hybridized carbons (Fsp3) is 0.412. The lowest BCUT2D eigenvalue weighted by molar-refractivity contribution is -0.131. The van der Waals surface area contributed by atoms with Crippen molar-refractivity contribution in [2.24, 2.45) is 0 Å². The summed E-state index contributed by atoms with van der Waals surface area (Å²) in [4.78, 5) is 16.5. The van der Waals surface area contributed by atoms with Crippen molar-refractivity contribution in [3.8, 4) is 6.07 Å². The number of rotatable bonds is 4. The highest BCUT2D eigenvalue weighted by atomic mass is 16.3. The number of benzene rings is 1. The van der Waals surface area contributed by atoms with Gasteiger partial charge in [-0.3, -0.25) is 4.79 Å². The molecule has 0 saturated carbocycles. The van der Waals surface area contributed by atoms with Crippen molar-refractivity contribution in [3.05, 3.63) is 41.7 Å². The van der Waals surface area contributed by atoms with Crippen LogP contribution in [0.3, 0.4) is 0 Å². The summed E-state index contributed by atoms with van der Waals surface area (Å²) in [6.45, 7) is 2.68. The highest BCUT2D eigenvalue weighted by Crippen LogP contribution is 2.21. The molecule has 2 heterocycles. The van der Waals surface area contributed by atoms with Gasteiger partial charge in [0.2, 0.25) is 5.91 Å². The zero-order chi connectivity index (χ0) is 17.6. The molecule has 3 rings (SSSR count). The molecule has 0 atom stereocenters. The van der Waals surface area contributed by atoms with Crippen molar-refractivity contribution in [2.45, 2.75) is 19.6 Å². The maximum atomic E-state index is 12.5. The number of nitrogens with zero attached hydrogens (tertiary/aromatic N) is 6. The number of nitriles is 1. The zero-order valence-electron chi connectivity index (χ0n) is 13.9. The number of para-hydroxylation sites is 1. The van der Waals surface area contributed by atoms with E-state index in [1.54, 1.807) is 6.20 Å². The van der Waals surface area contributed by atoms with Gasteiger partial charge >= 0.3 is 0 Å². The molecule has 130 valence electrons. The first kappa shape index (κ1) is 16.9. The maximum absolute atomic E-state index is 12.5. The molecule has 8 heteroatoms. The second kappa shape index (κ2) is 7.77. The summed E-state index contributed by atoms with van der Waals surface area (Å²) in [6.07, 6.45) is 2.41. The summed E-state index contributed by atoms with van der Waals surface area (Å²) < 4.78 is 1.45. The van der Waals surface area contributed by atoms with Gasteiger partial charge in [0.25, 0.3) is 0 Å². The van der Waals surface area contributed by atoms with Crippen LogP contribution >= 0.6 is 0 Å². The van der Waals surface area contributed by atoms with Gasteiger partial charge in [-0.15, -0.1) is 5.10 Å². The summed E-state index contributed by atoms with van der Waals surface area (Å²) in [5, 5.41) is 25.9. The third kappa shape index (κ3) is 3.95. The molecule has 1 aliphatic heterocycles. The van der Waals surface area contributed by atoms with Crippen LogP contribution in [0, 0.1) is 11.3 Å². The van der Waals surface area contributed by atoms with Crippen LogP contribution in [0.4, 0.5) is 5.69 Å². The number of carbonyl (C=O) groups excluding carboxylic acids is 1. The van der Waals surface area contributed by atoms with Crippen molar-refractivity contribution >= 4 is 11.6 Å². The smallest absolute Gasteiger partial charge is 0.244 e. The molecule has 0 spiro atoms. The van der Waals surface area contributed by atoms with Crippen LogP contribution in [-0.4, -0.2) is 57.1 Å². The Hall–Kier alpha value is -2.92. The molecule has 2 aromatic rings. The van der Waals surface area contributed by atoms with Gasteiger partial charge in [0.15, 0.2) is 0 Å². The van der Waals surface area contributed by atoms with Crippen LogP contribution in [0.1, 0.15) is 17.7 Å². The van der Waals surface area contributed by atoms with Gasteiger partial charge in [-0.1, -0.05) is 17.3 Å². The van der Waals surface area contributed by atoms with E-state index in [-0.39, 0.29) is 19.1 Å². The molecule has 1 N–H and O–H groups in total. The van der Waals surface area contributed by atoms with E-state index in [1.165, 1.54) is 4.68 Å². The number of aliphatic hydroxyl groups excluding tert-OH is 1. The van der Waals surface area contributed by atoms with Gasteiger partial charge in [0.05, 0.1) is 24.1 Å². The van der Waals surface area contributed by atoms with Gasteiger partial charge < -0.3 is 14.9 Å². The quantitative estimate of drug-likeness (QED) is 0.864. The normalized spacial score (nSPS) is 14.9. The third-order valence-electron chi connectivity index (χ3n) is 4.26. The van der Waals surface area contributed by atoms with Crippen molar-refractivity contribution in [1.82, 2.24) is 19.9 Å². The first-order valence-corrected chi connectivity index (χ1v) is 8.23. The molecular formula is C17H20N6O2. The SMILES string of the molecule is N#Cc1ccccc1N1CCCN(C(=O)Cn2cc(CO)nn2)CC1. The minimum atomic E-state index is -0.189. The first-order valence-electron chi connectivity index (χ1n) is 8.23. The lowest BCUT2D eigenvalue weighted by Gasteiger charge is -2.24. The zero-order valence-corrected chi connectivity index (χ0v) is 13.9. The highest BCUT2D eigenvalue weighted by molar-refractivity contribution is 5.76. The molecular weight excluding hydrogens is 320 g/mol. The van der Waals surface area contributed by atoms with Crippen LogP contribution in [0.25, 0.3) is 0 Å². The highest BCUT2D eigenvalue weighted by Gasteiger charge is 2.21. The Morgan fingerprint density at radius 1 is 1.24 bits per heavy atom. The summed E-state index contributed by atoms with van der Waals surface area (Å²) in [7, 11) is 0. The molecule has 8 nitrogen and oxygen atoms in total. The van der Waals surface area contributed by atoms with Crippen LogP contribution in [0.15, 0.2) is 30.5 Å². The van der Waals surface area contributed by atoms with E-state index in [1.807, 2.05) is 29.2 Å². The second-order valence-electron chi connectivity index (χ2n) is 5.92. The van der Waals surface area contributed by atoms with Crippen LogP contribution in [0.5, 0.6) is 0 Å². The molecule has 1 aromatic carbocycles. The summed E-state index contributed by atoms with van der Waals surface area (Å²) >= 11 is 0. The van der Waals surface area contributed by atoms with Crippen molar-refractivity contribution in [3.63, 3.8) is 0 Å². The number of hydrogen-bond donors (Lipinski definition) is 1. The molecule has 1 amide bonds. The van der Waals surface area contributed by atoms with E-state index in [0.717, 1.165) is 18.7 Å². The maximum Gasteiger partial charge on any atom is 0.244 e. The van der Waals surface area contributed by atoms with E-state index >= 15 is 0 Å². The van der Waals surface area contributed by atoms with E-state index in [2.05, 4.69) is 21.3 Å². The van der Waals surface area contributed by atoms with Gasteiger partial charge in [-0.05, 0) is 18.6 Å². The number of amides is 1. The molecule has 0 unspecified atom stereocenters. The van der Waals surface area contributed by atoms with E-state index in [9.17, 15) is 10.1 Å². The monoisotopic (exact) mass is 340 g/mol. The first-order chi connectivity index (χ1) is 12.2. The Morgan fingerprint density at radius 3 is 2.84 bits per heavy atom. The third-order valence-corrected chi connectivity index (χ3v) is 4.26. The topological polar surface area (TPSA) is 98.3 Å². The molecule has 1 fully saturated rings. The number of aromatic nitrogens is 3. The van der Waals surface area contributed by atoms with E-state index in [4.69, 9.17) is 5.11 Å². The van der Waals surface area contributed by atoms with Gasteiger partial charge in [0.1, 0.15) is 18.3 Å².